The Hall–Kier alpha value is -2.81. The summed E-state index contributed by atoms with van der Waals surface area (Å²) in [5.41, 5.74) is 0. The minimum atomic E-state index is -4.44. The first kappa shape index (κ1) is 54.2. The maximum Gasteiger partial charge on any atom is 0.472 e. The molecule has 0 aromatic heterocycles. The van der Waals surface area contributed by atoms with Gasteiger partial charge < -0.3 is 20.1 Å². The maximum absolute atomic E-state index is 12.1. The standard InChI is InChI=1S/C47H80NO8P/c1-3-5-7-9-11-13-15-17-19-21-22-24-25-27-29-31-33-35-37-39-46(50)48-41-42-55-57(52,53)56-44-45(49)43-54-47(51)40-38-36-34-32-30-28-26-23-20-18-16-14-12-10-8-6-4-2/h6,8,11-14,17-20,26,28,32,34,45,49H,3-5,7,9-10,15-16,21-25,27,29-31,33,35-44H2,1-2H3,(H,48,50)(H,52,53)/b8-6-,13-11-,14-12-,19-17-,20-18-,28-26-,34-32-. The van der Waals surface area contributed by atoms with Crippen molar-refractivity contribution in [1.29, 1.82) is 0 Å². The SMILES string of the molecule is CC/C=C\C/C=C\C/C=C\C/C=C\C/C=C\CCCC(=O)OCC(O)COP(=O)(O)OCCNC(=O)CCCCCCCCCCC/C=C\C/C=C\CCCCC. The second kappa shape index (κ2) is 42.8. The van der Waals surface area contributed by atoms with Gasteiger partial charge in [0.1, 0.15) is 12.7 Å². The molecular weight excluding hydrogens is 737 g/mol. The van der Waals surface area contributed by atoms with Gasteiger partial charge in [0.2, 0.25) is 5.91 Å². The number of ether oxygens (including phenoxy) is 1. The third-order valence-electron chi connectivity index (χ3n) is 8.81. The number of phosphoric acid groups is 1. The van der Waals surface area contributed by atoms with Gasteiger partial charge in [0, 0.05) is 19.4 Å². The highest BCUT2D eigenvalue weighted by Gasteiger charge is 2.23. The average Bonchev–Trinajstić information content (AvgIpc) is 3.20. The van der Waals surface area contributed by atoms with Gasteiger partial charge in [0.15, 0.2) is 0 Å². The van der Waals surface area contributed by atoms with Crippen molar-refractivity contribution in [1.82, 2.24) is 5.32 Å². The van der Waals surface area contributed by atoms with Gasteiger partial charge in [-0.3, -0.25) is 18.6 Å². The van der Waals surface area contributed by atoms with E-state index in [1.54, 1.807) is 0 Å². The fraction of sp³-hybridized carbons (Fsp3) is 0.660. The summed E-state index contributed by atoms with van der Waals surface area (Å²) in [4.78, 5) is 33.9. The number of unbranched alkanes of at least 4 members (excludes halogenated alkanes) is 13. The number of aliphatic hydroxyl groups excluding tert-OH is 1. The van der Waals surface area contributed by atoms with Gasteiger partial charge in [-0.05, 0) is 83.5 Å². The topological polar surface area (TPSA) is 131 Å². The Balaban J connectivity index is 3.69. The highest BCUT2D eigenvalue weighted by Crippen LogP contribution is 2.42. The molecule has 0 aromatic carbocycles. The Morgan fingerprint density at radius 1 is 0.561 bits per heavy atom. The second-order valence-electron chi connectivity index (χ2n) is 14.3. The highest BCUT2D eigenvalue weighted by atomic mass is 31.2. The van der Waals surface area contributed by atoms with E-state index < -0.39 is 26.5 Å². The van der Waals surface area contributed by atoms with E-state index in [1.807, 2.05) is 6.08 Å². The van der Waals surface area contributed by atoms with Gasteiger partial charge in [-0.1, -0.05) is 157 Å². The number of hydrogen-bond donors (Lipinski definition) is 3. The lowest BCUT2D eigenvalue weighted by molar-refractivity contribution is -0.147. The first-order chi connectivity index (χ1) is 27.8. The number of carbonyl (C=O) groups excluding carboxylic acids is 2. The molecule has 2 atom stereocenters. The number of allylic oxidation sites excluding steroid dienone is 14. The molecule has 3 N–H and O–H groups in total. The summed E-state index contributed by atoms with van der Waals surface area (Å²) in [7, 11) is -4.44. The van der Waals surface area contributed by atoms with Gasteiger partial charge in [-0.25, -0.2) is 4.57 Å². The van der Waals surface area contributed by atoms with Crippen LogP contribution in [-0.2, 0) is 27.9 Å². The molecule has 0 aliphatic rings. The molecule has 0 rings (SSSR count). The van der Waals surface area contributed by atoms with Crippen molar-refractivity contribution >= 4 is 19.7 Å². The summed E-state index contributed by atoms with van der Waals surface area (Å²) in [6, 6.07) is 0. The van der Waals surface area contributed by atoms with Gasteiger partial charge >= 0.3 is 13.8 Å². The van der Waals surface area contributed by atoms with E-state index in [9.17, 15) is 24.2 Å². The predicted molar refractivity (Wildman–Crippen MR) is 238 cm³/mol. The molecule has 2 unspecified atom stereocenters. The van der Waals surface area contributed by atoms with Crippen LogP contribution < -0.4 is 5.32 Å². The normalized spacial score (nSPS) is 14.1. The minimum absolute atomic E-state index is 0.0680. The molecule has 0 aliphatic heterocycles. The summed E-state index contributed by atoms with van der Waals surface area (Å²) in [5, 5.41) is 12.7. The highest BCUT2D eigenvalue weighted by molar-refractivity contribution is 7.47. The summed E-state index contributed by atoms with van der Waals surface area (Å²) in [6.07, 6.45) is 53.7. The Labute approximate surface area is 347 Å². The molecule has 0 spiro atoms. The van der Waals surface area contributed by atoms with Crippen LogP contribution in [0.4, 0.5) is 0 Å². The van der Waals surface area contributed by atoms with Crippen molar-refractivity contribution in [3.8, 4) is 0 Å². The third kappa shape index (κ3) is 44.1. The molecule has 0 heterocycles. The number of hydrogen-bond acceptors (Lipinski definition) is 7. The van der Waals surface area contributed by atoms with Crippen molar-refractivity contribution in [3.05, 3.63) is 85.1 Å². The molecule has 10 heteroatoms. The van der Waals surface area contributed by atoms with E-state index >= 15 is 0 Å². The molecule has 1 amide bonds. The summed E-state index contributed by atoms with van der Waals surface area (Å²) in [5.74, 6) is -0.586. The molecule has 9 nitrogen and oxygen atoms in total. The Kier molecular flexibility index (Phi) is 40.7. The molecule has 326 valence electrons. The summed E-state index contributed by atoms with van der Waals surface area (Å²) in [6.45, 7) is 3.33. The van der Waals surface area contributed by atoms with Crippen LogP contribution in [0.5, 0.6) is 0 Å². The molecule has 0 fully saturated rings. The van der Waals surface area contributed by atoms with Crippen LogP contribution in [0.1, 0.15) is 168 Å². The zero-order chi connectivity index (χ0) is 41.8. The van der Waals surface area contributed by atoms with Crippen LogP contribution in [0.15, 0.2) is 85.1 Å². The van der Waals surface area contributed by atoms with Crippen molar-refractivity contribution in [2.45, 2.75) is 174 Å². The Morgan fingerprint density at radius 3 is 1.54 bits per heavy atom. The molecule has 0 aromatic rings. The zero-order valence-corrected chi connectivity index (χ0v) is 36.6. The molecule has 57 heavy (non-hydrogen) atoms. The van der Waals surface area contributed by atoms with E-state index in [2.05, 4.69) is 98.2 Å². The van der Waals surface area contributed by atoms with Crippen LogP contribution in [0, 0.1) is 0 Å². The van der Waals surface area contributed by atoms with E-state index in [0.717, 1.165) is 64.2 Å². The van der Waals surface area contributed by atoms with E-state index in [-0.39, 0.29) is 32.1 Å². The molecular formula is C47H80NO8P. The largest absolute Gasteiger partial charge is 0.472 e. The quantitative estimate of drug-likeness (QED) is 0.0241. The number of amides is 1. The van der Waals surface area contributed by atoms with Crippen LogP contribution in [0.25, 0.3) is 0 Å². The second-order valence-corrected chi connectivity index (χ2v) is 15.7. The maximum atomic E-state index is 12.1. The van der Waals surface area contributed by atoms with Crippen LogP contribution >= 0.6 is 7.82 Å². The summed E-state index contributed by atoms with van der Waals surface area (Å²) >= 11 is 0. The number of carbonyl (C=O) groups is 2. The fourth-order valence-corrected chi connectivity index (χ4v) is 6.26. The van der Waals surface area contributed by atoms with Crippen molar-refractivity contribution in [3.63, 3.8) is 0 Å². The Bertz CT molecular complexity index is 1210. The van der Waals surface area contributed by atoms with E-state index in [1.165, 1.54) is 70.6 Å². The average molecular weight is 818 g/mol. The monoisotopic (exact) mass is 818 g/mol. The van der Waals surface area contributed by atoms with E-state index in [0.29, 0.717) is 12.8 Å². The zero-order valence-electron chi connectivity index (χ0n) is 35.8. The number of phosphoric ester groups is 1. The lowest BCUT2D eigenvalue weighted by Gasteiger charge is -2.15. The van der Waals surface area contributed by atoms with Gasteiger partial charge in [0.05, 0.1) is 13.2 Å². The Morgan fingerprint density at radius 2 is 1.02 bits per heavy atom. The first-order valence-corrected chi connectivity index (χ1v) is 23.6. The fourth-order valence-electron chi connectivity index (χ4n) is 5.50. The van der Waals surface area contributed by atoms with Gasteiger partial charge in [0.25, 0.3) is 0 Å². The molecule has 0 saturated heterocycles. The number of rotatable bonds is 40. The van der Waals surface area contributed by atoms with Crippen LogP contribution in [0.3, 0.4) is 0 Å². The van der Waals surface area contributed by atoms with Crippen LogP contribution in [-0.4, -0.2) is 54.3 Å². The molecule has 0 radical (unpaired) electrons. The van der Waals surface area contributed by atoms with Gasteiger partial charge in [-0.15, -0.1) is 0 Å². The van der Waals surface area contributed by atoms with Gasteiger partial charge in [-0.2, -0.15) is 0 Å². The third-order valence-corrected chi connectivity index (χ3v) is 9.79. The van der Waals surface area contributed by atoms with Crippen molar-refractivity contribution in [2.75, 3.05) is 26.4 Å². The summed E-state index contributed by atoms with van der Waals surface area (Å²) < 4.78 is 26.8. The number of esters is 1. The van der Waals surface area contributed by atoms with E-state index in [4.69, 9.17) is 13.8 Å². The lowest BCUT2D eigenvalue weighted by Crippen LogP contribution is -2.27. The smallest absolute Gasteiger partial charge is 0.463 e. The molecule has 0 aliphatic carbocycles. The van der Waals surface area contributed by atoms with Crippen molar-refractivity contribution in [2.24, 2.45) is 0 Å². The van der Waals surface area contributed by atoms with Crippen LogP contribution in [0.2, 0.25) is 0 Å². The predicted octanol–water partition coefficient (Wildman–Crippen LogP) is 12.4. The number of nitrogens with one attached hydrogen (secondary N) is 1. The molecule has 0 saturated carbocycles. The minimum Gasteiger partial charge on any atom is -0.463 e. The van der Waals surface area contributed by atoms with Crippen molar-refractivity contribution < 1.29 is 37.9 Å². The number of aliphatic hydroxyl groups is 1. The molecule has 0 bridgehead atoms. The lowest BCUT2D eigenvalue weighted by atomic mass is 10.1. The first-order valence-electron chi connectivity index (χ1n) is 22.1.